The maximum absolute atomic E-state index is 12.2. The van der Waals surface area contributed by atoms with Gasteiger partial charge in [0.2, 0.25) is 0 Å². The second-order valence-corrected chi connectivity index (χ2v) is 7.04. The average molecular weight is 404 g/mol. The van der Waals surface area contributed by atoms with Crippen LogP contribution in [-0.2, 0) is 9.68 Å². The fourth-order valence-electron chi connectivity index (χ4n) is 3.16. The van der Waals surface area contributed by atoms with Crippen LogP contribution in [0.5, 0.6) is 5.75 Å². The Morgan fingerprint density at radius 3 is 2.50 bits per heavy atom. The van der Waals surface area contributed by atoms with Crippen molar-refractivity contribution in [3.8, 4) is 28.3 Å². The maximum atomic E-state index is 12.2. The molecule has 0 saturated carbocycles. The van der Waals surface area contributed by atoms with E-state index in [-0.39, 0.29) is 11.6 Å². The standard InChI is InChI=1S/C22H20N4O4/c1-14(2)26-20(28)10-9-18(23-26)21-19-13-17(30-29-15(3)27)11-12-25(19)24-22(21)16-7-5-4-6-8-16/h4-14H,1-3H3. The van der Waals surface area contributed by atoms with Gasteiger partial charge in [0, 0.05) is 36.9 Å². The van der Waals surface area contributed by atoms with E-state index >= 15 is 0 Å². The summed E-state index contributed by atoms with van der Waals surface area (Å²) in [6.45, 7) is 5.06. The Morgan fingerprint density at radius 1 is 1.03 bits per heavy atom. The number of carbonyl (C=O) groups excluding carboxylic acids is 1. The van der Waals surface area contributed by atoms with Crippen molar-refractivity contribution in [3.63, 3.8) is 0 Å². The number of hydrogen-bond donors (Lipinski definition) is 0. The van der Waals surface area contributed by atoms with Crippen LogP contribution < -0.4 is 10.4 Å². The second-order valence-electron chi connectivity index (χ2n) is 7.04. The summed E-state index contributed by atoms with van der Waals surface area (Å²) in [5, 5.41) is 9.30. The maximum Gasteiger partial charge on any atom is 0.352 e. The Kier molecular flexibility index (Phi) is 5.05. The van der Waals surface area contributed by atoms with Crippen molar-refractivity contribution in [2.45, 2.75) is 26.8 Å². The van der Waals surface area contributed by atoms with E-state index in [9.17, 15) is 9.59 Å². The Labute approximate surface area is 172 Å². The molecule has 3 aromatic heterocycles. The third-order valence-corrected chi connectivity index (χ3v) is 4.48. The number of fused-ring (bicyclic) bond motifs is 1. The first kappa shape index (κ1) is 19.4. The highest BCUT2D eigenvalue weighted by atomic mass is 17.2. The average Bonchev–Trinajstić information content (AvgIpc) is 3.12. The van der Waals surface area contributed by atoms with E-state index in [4.69, 9.17) is 9.99 Å². The van der Waals surface area contributed by atoms with Crippen LogP contribution in [-0.4, -0.2) is 25.4 Å². The molecule has 0 spiro atoms. The molecule has 4 rings (SSSR count). The third-order valence-electron chi connectivity index (χ3n) is 4.48. The zero-order valence-electron chi connectivity index (χ0n) is 16.8. The van der Waals surface area contributed by atoms with E-state index in [2.05, 4.69) is 9.99 Å². The molecule has 0 amide bonds. The molecule has 0 unspecified atom stereocenters. The van der Waals surface area contributed by atoms with Gasteiger partial charge >= 0.3 is 5.97 Å². The molecule has 0 atom stereocenters. The fraction of sp³-hybridized carbons (Fsp3) is 0.182. The van der Waals surface area contributed by atoms with Gasteiger partial charge in [-0.3, -0.25) is 14.6 Å². The summed E-state index contributed by atoms with van der Waals surface area (Å²) in [5.41, 5.74) is 3.47. The minimum atomic E-state index is -0.556. The number of carbonyl (C=O) groups is 1. The fourth-order valence-corrected chi connectivity index (χ4v) is 3.16. The number of nitrogens with zero attached hydrogens (tertiary/aromatic N) is 4. The number of pyridine rings is 1. The lowest BCUT2D eigenvalue weighted by atomic mass is 10.0. The zero-order valence-corrected chi connectivity index (χ0v) is 16.8. The Morgan fingerprint density at radius 2 is 1.80 bits per heavy atom. The van der Waals surface area contributed by atoms with E-state index in [1.165, 1.54) is 17.7 Å². The van der Waals surface area contributed by atoms with Crippen LogP contribution >= 0.6 is 0 Å². The van der Waals surface area contributed by atoms with Gasteiger partial charge in [-0.05, 0) is 19.9 Å². The molecule has 0 saturated heterocycles. The van der Waals surface area contributed by atoms with Crippen LogP contribution in [0, 0.1) is 0 Å². The first-order chi connectivity index (χ1) is 14.4. The molecule has 0 aliphatic heterocycles. The van der Waals surface area contributed by atoms with Gasteiger partial charge in [-0.15, -0.1) is 0 Å². The molecular formula is C22H20N4O4. The van der Waals surface area contributed by atoms with E-state index < -0.39 is 5.97 Å². The summed E-state index contributed by atoms with van der Waals surface area (Å²) in [4.78, 5) is 33.0. The highest BCUT2D eigenvalue weighted by molar-refractivity contribution is 5.91. The molecule has 0 bridgehead atoms. The molecule has 1 aromatic carbocycles. The predicted molar refractivity (Wildman–Crippen MR) is 111 cm³/mol. The van der Waals surface area contributed by atoms with Crippen LogP contribution in [0.2, 0.25) is 0 Å². The summed E-state index contributed by atoms with van der Waals surface area (Å²) in [7, 11) is 0. The van der Waals surface area contributed by atoms with Gasteiger partial charge in [-0.25, -0.2) is 14.0 Å². The van der Waals surface area contributed by atoms with Gasteiger partial charge in [-0.2, -0.15) is 10.2 Å². The first-order valence-electron chi connectivity index (χ1n) is 9.47. The topological polar surface area (TPSA) is 87.7 Å². The molecule has 152 valence electrons. The summed E-state index contributed by atoms with van der Waals surface area (Å²) in [5.74, 6) is -0.213. The molecule has 0 aliphatic rings. The molecule has 3 heterocycles. The van der Waals surface area contributed by atoms with E-state index in [0.717, 1.165) is 11.1 Å². The van der Waals surface area contributed by atoms with Crippen molar-refractivity contribution in [2.24, 2.45) is 0 Å². The van der Waals surface area contributed by atoms with Crippen LogP contribution in [0.15, 0.2) is 65.6 Å². The number of rotatable bonds is 5. The largest absolute Gasteiger partial charge is 0.352 e. The molecule has 8 nitrogen and oxygen atoms in total. The van der Waals surface area contributed by atoms with Gasteiger partial charge < -0.3 is 0 Å². The van der Waals surface area contributed by atoms with Gasteiger partial charge in [0.15, 0.2) is 5.75 Å². The molecule has 4 aromatic rings. The predicted octanol–water partition coefficient (Wildman–Crippen LogP) is 3.66. The van der Waals surface area contributed by atoms with Gasteiger partial charge in [0.1, 0.15) is 5.69 Å². The van der Waals surface area contributed by atoms with Crippen LogP contribution in [0.3, 0.4) is 0 Å². The SMILES string of the molecule is CC(=O)OOc1ccn2nc(-c3ccccc3)c(-c3ccc(=O)n(C(C)C)n3)c2c1. The molecule has 0 radical (unpaired) electrons. The van der Waals surface area contributed by atoms with Gasteiger partial charge in [0.05, 0.1) is 22.8 Å². The Hall–Kier alpha value is -3.94. The van der Waals surface area contributed by atoms with Crippen LogP contribution in [0.25, 0.3) is 28.0 Å². The monoisotopic (exact) mass is 404 g/mol. The van der Waals surface area contributed by atoms with Crippen molar-refractivity contribution in [1.82, 2.24) is 19.4 Å². The summed E-state index contributed by atoms with van der Waals surface area (Å²) >= 11 is 0. The number of benzene rings is 1. The second kappa shape index (κ2) is 7.82. The van der Waals surface area contributed by atoms with E-state index in [1.54, 1.807) is 28.9 Å². The van der Waals surface area contributed by atoms with Crippen LogP contribution in [0.4, 0.5) is 0 Å². The molecule has 0 N–H and O–H groups in total. The summed E-state index contributed by atoms with van der Waals surface area (Å²) < 4.78 is 3.14. The quantitative estimate of drug-likeness (QED) is 0.373. The van der Waals surface area contributed by atoms with E-state index in [0.29, 0.717) is 22.7 Å². The third kappa shape index (κ3) is 3.67. The summed E-state index contributed by atoms with van der Waals surface area (Å²) in [6.07, 6.45) is 1.71. The van der Waals surface area contributed by atoms with Crippen molar-refractivity contribution < 1.29 is 14.6 Å². The van der Waals surface area contributed by atoms with Crippen molar-refractivity contribution >= 4 is 11.5 Å². The van der Waals surface area contributed by atoms with Crippen molar-refractivity contribution in [3.05, 3.63) is 71.1 Å². The minimum absolute atomic E-state index is 0.0951. The minimum Gasteiger partial charge on any atom is -0.287 e. The highest BCUT2D eigenvalue weighted by Crippen LogP contribution is 2.35. The highest BCUT2D eigenvalue weighted by Gasteiger charge is 2.20. The van der Waals surface area contributed by atoms with Gasteiger partial charge in [0.25, 0.3) is 5.56 Å². The molecular weight excluding hydrogens is 384 g/mol. The molecule has 8 heteroatoms. The zero-order chi connectivity index (χ0) is 21.3. The number of hydrogen-bond acceptors (Lipinski definition) is 6. The summed E-state index contributed by atoms with van der Waals surface area (Å²) in [6, 6.07) is 16.2. The van der Waals surface area contributed by atoms with Crippen molar-refractivity contribution in [1.29, 1.82) is 0 Å². The Bertz CT molecular complexity index is 1280. The van der Waals surface area contributed by atoms with Crippen LogP contribution in [0.1, 0.15) is 26.8 Å². The molecule has 0 aliphatic carbocycles. The number of aromatic nitrogens is 4. The molecule has 30 heavy (non-hydrogen) atoms. The van der Waals surface area contributed by atoms with E-state index in [1.807, 2.05) is 44.2 Å². The lowest BCUT2D eigenvalue weighted by Crippen LogP contribution is -2.23. The Balaban J connectivity index is 1.96. The smallest absolute Gasteiger partial charge is 0.287 e. The molecule has 0 fully saturated rings. The van der Waals surface area contributed by atoms with Crippen molar-refractivity contribution in [2.75, 3.05) is 0 Å². The normalized spacial score (nSPS) is 11.1. The van der Waals surface area contributed by atoms with Gasteiger partial charge in [-0.1, -0.05) is 30.3 Å². The lowest BCUT2D eigenvalue weighted by Gasteiger charge is -2.10. The lowest BCUT2D eigenvalue weighted by molar-refractivity contribution is -0.210. The first-order valence-corrected chi connectivity index (χ1v) is 9.47.